The number of carbonyl (C=O) groups is 2. The summed E-state index contributed by atoms with van der Waals surface area (Å²) < 4.78 is 4.87. The normalized spacial score (nSPS) is 19.4. The molecule has 1 aromatic carbocycles. The number of cyclic esters (lactones) is 1. The summed E-state index contributed by atoms with van der Waals surface area (Å²) in [4.78, 5) is 24.0. The van der Waals surface area contributed by atoms with E-state index in [-0.39, 0.29) is 12.6 Å². The fourth-order valence-corrected chi connectivity index (χ4v) is 1.68. The lowest BCUT2D eigenvalue weighted by atomic mass is 10.1. The Morgan fingerprint density at radius 2 is 2.12 bits per heavy atom. The molecule has 0 unspecified atom stereocenters. The largest absolute Gasteiger partial charge is 0.446 e. The van der Waals surface area contributed by atoms with Gasteiger partial charge in [0.15, 0.2) is 0 Å². The van der Waals surface area contributed by atoms with Crippen molar-refractivity contribution in [2.45, 2.75) is 6.04 Å². The summed E-state index contributed by atoms with van der Waals surface area (Å²) in [7, 11) is 0. The van der Waals surface area contributed by atoms with Gasteiger partial charge in [-0.3, -0.25) is 4.79 Å². The highest BCUT2D eigenvalue weighted by Crippen LogP contribution is 2.27. The Labute approximate surface area is 93.1 Å². The van der Waals surface area contributed by atoms with Crippen molar-refractivity contribution in [3.63, 3.8) is 0 Å². The van der Waals surface area contributed by atoms with Crippen molar-refractivity contribution in [2.24, 2.45) is 0 Å². The number of rotatable bonds is 2. The zero-order valence-electron chi connectivity index (χ0n) is 8.63. The maximum absolute atomic E-state index is 11.5. The molecule has 2 amide bonds. The first-order valence-corrected chi connectivity index (χ1v) is 4.91. The van der Waals surface area contributed by atoms with E-state index in [1.165, 1.54) is 0 Å². The van der Waals surface area contributed by atoms with Gasteiger partial charge in [0, 0.05) is 0 Å². The van der Waals surface area contributed by atoms with Crippen LogP contribution in [0.5, 0.6) is 0 Å². The summed E-state index contributed by atoms with van der Waals surface area (Å²) in [5.74, 6) is -0.434. The maximum Gasteiger partial charge on any atom is 0.417 e. The van der Waals surface area contributed by atoms with Crippen molar-refractivity contribution in [2.75, 3.05) is 6.61 Å². The van der Waals surface area contributed by atoms with Crippen LogP contribution in [0.15, 0.2) is 43.0 Å². The first-order chi connectivity index (χ1) is 7.74. The second-order valence-electron chi connectivity index (χ2n) is 3.42. The van der Waals surface area contributed by atoms with Gasteiger partial charge in [-0.2, -0.15) is 0 Å². The number of ether oxygens (including phenoxy) is 1. The van der Waals surface area contributed by atoms with Gasteiger partial charge in [0.25, 0.3) is 5.91 Å². The molecule has 1 fully saturated rings. The Kier molecular flexibility index (Phi) is 2.72. The average molecular weight is 217 g/mol. The van der Waals surface area contributed by atoms with E-state index in [9.17, 15) is 9.59 Å². The molecule has 0 saturated carbocycles. The van der Waals surface area contributed by atoms with E-state index in [0.717, 1.165) is 16.5 Å². The van der Waals surface area contributed by atoms with Gasteiger partial charge in [-0.1, -0.05) is 36.9 Å². The molecule has 82 valence electrons. The number of hydrogen-bond acceptors (Lipinski definition) is 3. The van der Waals surface area contributed by atoms with Crippen LogP contribution in [-0.4, -0.2) is 23.5 Å². The Hall–Kier alpha value is -2.10. The van der Waals surface area contributed by atoms with E-state index in [1.807, 2.05) is 30.3 Å². The van der Waals surface area contributed by atoms with Crippen molar-refractivity contribution in [1.82, 2.24) is 4.90 Å². The van der Waals surface area contributed by atoms with Gasteiger partial charge in [0.2, 0.25) is 0 Å². The molecule has 0 aliphatic carbocycles. The smallest absolute Gasteiger partial charge is 0.417 e. The molecule has 1 aromatic rings. The van der Waals surface area contributed by atoms with E-state index < -0.39 is 12.0 Å². The molecule has 1 heterocycles. The maximum atomic E-state index is 11.5. The van der Waals surface area contributed by atoms with Crippen LogP contribution < -0.4 is 0 Å². The van der Waals surface area contributed by atoms with Crippen molar-refractivity contribution in [1.29, 1.82) is 0 Å². The SMILES string of the molecule is C=CC(=O)N1C(=O)OC[C@@H]1c1ccccc1. The van der Waals surface area contributed by atoms with Gasteiger partial charge in [-0.15, -0.1) is 0 Å². The summed E-state index contributed by atoms with van der Waals surface area (Å²) >= 11 is 0. The number of hydrogen-bond donors (Lipinski definition) is 0. The fraction of sp³-hybridized carbons (Fsp3) is 0.167. The Bertz CT molecular complexity index is 427. The predicted octanol–water partition coefficient (Wildman–Crippen LogP) is 1.89. The third kappa shape index (κ3) is 1.69. The fourth-order valence-electron chi connectivity index (χ4n) is 1.68. The van der Waals surface area contributed by atoms with Gasteiger partial charge in [0.1, 0.15) is 12.6 Å². The Morgan fingerprint density at radius 1 is 1.44 bits per heavy atom. The summed E-state index contributed by atoms with van der Waals surface area (Å²) in [6.07, 6.45) is 0.501. The molecule has 1 atom stereocenters. The standard InChI is InChI=1S/C12H11NO3/c1-2-11(14)13-10(8-16-12(13)15)9-6-4-3-5-7-9/h2-7,10H,1,8H2/t10-/m1/s1. The topological polar surface area (TPSA) is 46.6 Å². The highest BCUT2D eigenvalue weighted by Gasteiger charge is 2.37. The minimum atomic E-state index is -0.612. The van der Waals surface area contributed by atoms with E-state index >= 15 is 0 Å². The zero-order chi connectivity index (χ0) is 11.5. The molecule has 0 N–H and O–H groups in total. The minimum absolute atomic E-state index is 0.197. The van der Waals surface area contributed by atoms with Crippen LogP contribution in [0, 0.1) is 0 Å². The lowest BCUT2D eigenvalue weighted by Gasteiger charge is -2.17. The van der Waals surface area contributed by atoms with Crippen LogP contribution in [-0.2, 0) is 9.53 Å². The molecule has 16 heavy (non-hydrogen) atoms. The Balaban J connectivity index is 2.31. The van der Waals surface area contributed by atoms with Crippen LogP contribution in [0.4, 0.5) is 4.79 Å². The van der Waals surface area contributed by atoms with Crippen molar-refractivity contribution in [3.8, 4) is 0 Å². The average Bonchev–Trinajstić information content (AvgIpc) is 2.71. The van der Waals surface area contributed by atoms with Crippen LogP contribution in [0.3, 0.4) is 0 Å². The second-order valence-corrected chi connectivity index (χ2v) is 3.42. The van der Waals surface area contributed by atoms with Crippen LogP contribution in [0.25, 0.3) is 0 Å². The molecule has 2 rings (SSSR count). The monoisotopic (exact) mass is 217 g/mol. The third-order valence-corrected chi connectivity index (χ3v) is 2.47. The summed E-state index contributed by atoms with van der Waals surface area (Å²) in [5.41, 5.74) is 0.878. The van der Waals surface area contributed by atoms with E-state index in [1.54, 1.807) is 0 Å². The van der Waals surface area contributed by atoms with Crippen LogP contribution in [0.2, 0.25) is 0 Å². The van der Waals surface area contributed by atoms with Crippen molar-refractivity contribution >= 4 is 12.0 Å². The zero-order valence-corrected chi connectivity index (χ0v) is 8.63. The number of imide groups is 1. The van der Waals surface area contributed by atoms with Gasteiger partial charge in [-0.05, 0) is 11.6 Å². The highest BCUT2D eigenvalue weighted by molar-refractivity contribution is 5.99. The number of nitrogens with zero attached hydrogens (tertiary/aromatic N) is 1. The minimum Gasteiger partial charge on any atom is -0.446 e. The molecule has 4 heteroatoms. The molecular formula is C12H11NO3. The number of amides is 2. The molecule has 0 spiro atoms. The molecular weight excluding hydrogens is 206 g/mol. The molecule has 1 aliphatic rings. The summed E-state index contributed by atoms with van der Waals surface area (Å²) in [6, 6.07) is 8.95. The number of carbonyl (C=O) groups excluding carboxylic acids is 2. The van der Waals surface area contributed by atoms with E-state index in [2.05, 4.69) is 6.58 Å². The van der Waals surface area contributed by atoms with Crippen LogP contribution >= 0.6 is 0 Å². The first kappa shape index (κ1) is 10.4. The second kappa shape index (κ2) is 4.18. The summed E-state index contributed by atoms with van der Waals surface area (Å²) in [5, 5.41) is 0. The van der Waals surface area contributed by atoms with Gasteiger partial charge < -0.3 is 4.74 Å². The molecule has 4 nitrogen and oxygen atoms in total. The highest BCUT2D eigenvalue weighted by atomic mass is 16.6. The van der Waals surface area contributed by atoms with Crippen molar-refractivity contribution in [3.05, 3.63) is 48.6 Å². The predicted molar refractivity (Wildman–Crippen MR) is 57.6 cm³/mol. The van der Waals surface area contributed by atoms with Crippen LogP contribution in [0.1, 0.15) is 11.6 Å². The van der Waals surface area contributed by atoms with E-state index in [0.29, 0.717) is 0 Å². The molecule has 1 saturated heterocycles. The lowest BCUT2D eigenvalue weighted by Crippen LogP contribution is -2.32. The molecule has 1 aliphatic heterocycles. The van der Waals surface area contributed by atoms with Gasteiger partial charge >= 0.3 is 6.09 Å². The van der Waals surface area contributed by atoms with Gasteiger partial charge in [-0.25, -0.2) is 9.69 Å². The van der Waals surface area contributed by atoms with E-state index in [4.69, 9.17) is 4.74 Å². The molecule has 0 bridgehead atoms. The number of benzene rings is 1. The third-order valence-electron chi connectivity index (χ3n) is 2.47. The summed E-state index contributed by atoms with van der Waals surface area (Å²) in [6.45, 7) is 3.57. The lowest BCUT2D eigenvalue weighted by molar-refractivity contribution is -0.124. The van der Waals surface area contributed by atoms with Gasteiger partial charge in [0.05, 0.1) is 0 Å². The Morgan fingerprint density at radius 3 is 2.75 bits per heavy atom. The molecule has 0 radical (unpaired) electrons. The molecule has 0 aromatic heterocycles. The first-order valence-electron chi connectivity index (χ1n) is 4.91. The van der Waals surface area contributed by atoms with Crippen molar-refractivity contribution < 1.29 is 14.3 Å². The quantitative estimate of drug-likeness (QED) is 0.711.